The molecule has 1 aliphatic heterocycles. The number of carbonyl (C=O) groups is 1. The molecule has 1 atom stereocenters. The van der Waals surface area contributed by atoms with E-state index < -0.39 is 11.2 Å². The van der Waals surface area contributed by atoms with E-state index >= 15 is 0 Å². The lowest BCUT2D eigenvalue weighted by Gasteiger charge is -2.21. The molecular weight excluding hydrogens is 374 g/mol. The maximum atomic E-state index is 12.3. The van der Waals surface area contributed by atoms with Crippen LogP contribution in [0.3, 0.4) is 0 Å². The van der Waals surface area contributed by atoms with Gasteiger partial charge in [-0.05, 0) is 23.6 Å². The van der Waals surface area contributed by atoms with E-state index in [4.69, 9.17) is 9.47 Å². The summed E-state index contributed by atoms with van der Waals surface area (Å²) >= 11 is 0. The van der Waals surface area contributed by atoms with Crippen LogP contribution in [0.4, 0.5) is 5.69 Å². The topological polar surface area (TPSA) is 94.3 Å². The minimum absolute atomic E-state index is 0.0254. The second-order valence-corrected chi connectivity index (χ2v) is 6.42. The number of rotatable bonds is 4. The van der Waals surface area contributed by atoms with Crippen molar-refractivity contribution >= 4 is 28.3 Å². The van der Waals surface area contributed by atoms with E-state index in [2.05, 4.69) is 5.10 Å². The van der Waals surface area contributed by atoms with Crippen LogP contribution >= 0.6 is 0 Å². The van der Waals surface area contributed by atoms with Crippen molar-refractivity contribution in [1.82, 2.24) is 5.01 Å². The molecule has 0 aromatic heterocycles. The Kier molecular flexibility index (Phi) is 4.59. The maximum absolute atomic E-state index is 12.3. The van der Waals surface area contributed by atoms with Crippen molar-refractivity contribution in [1.29, 1.82) is 0 Å². The molecule has 8 nitrogen and oxygen atoms in total. The smallest absolute Gasteiger partial charge is 0.282 e. The number of benzene rings is 3. The molecule has 4 rings (SSSR count). The van der Waals surface area contributed by atoms with E-state index in [9.17, 15) is 14.9 Å². The molecule has 8 heteroatoms. The van der Waals surface area contributed by atoms with Gasteiger partial charge in [-0.1, -0.05) is 36.4 Å². The van der Waals surface area contributed by atoms with Gasteiger partial charge >= 0.3 is 0 Å². The highest BCUT2D eigenvalue weighted by Crippen LogP contribution is 2.38. The number of amides is 1. The van der Waals surface area contributed by atoms with Crippen molar-refractivity contribution in [3.8, 4) is 5.75 Å². The summed E-state index contributed by atoms with van der Waals surface area (Å²) in [6.45, 7) is 1.37. The molecule has 1 amide bonds. The van der Waals surface area contributed by atoms with E-state index in [1.165, 1.54) is 18.0 Å². The van der Waals surface area contributed by atoms with Crippen LogP contribution in [0.1, 0.15) is 24.3 Å². The first-order chi connectivity index (χ1) is 14.0. The van der Waals surface area contributed by atoms with Gasteiger partial charge in [-0.15, -0.1) is 5.10 Å². The van der Waals surface area contributed by atoms with Crippen LogP contribution in [0.25, 0.3) is 10.8 Å². The summed E-state index contributed by atoms with van der Waals surface area (Å²) in [5.74, 6) is 0.373. The Morgan fingerprint density at radius 2 is 1.79 bits per heavy atom. The number of nitro benzene ring substituents is 1. The number of nitrogens with zero attached hydrogens (tertiary/aromatic N) is 3. The molecule has 3 aromatic carbocycles. The summed E-state index contributed by atoms with van der Waals surface area (Å²) in [7, 11) is 1.59. The van der Waals surface area contributed by atoms with Gasteiger partial charge in [0.1, 0.15) is 11.3 Å². The summed E-state index contributed by atoms with van der Waals surface area (Å²) in [4.78, 5) is 23.2. The number of hydrogen-bond donors (Lipinski definition) is 0. The summed E-state index contributed by atoms with van der Waals surface area (Å²) in [6.07, 6.45) is -0.849. The molecule has 1 aliphatic rings. The lowest BCUT2D eigenvalue weighted by Crippen LogP contribution is -2.25. The zero-order valence-corrected chi connectivity index (χ0v) is 15.7. The zero-order valence-electron chi connectivity index (χ0n) is 15.7. The molecule has 0 bridgehead atoms. The van der Waals surface area contributed by atoms with Crippen LogP contribution in [0.15, 0.2) is 65.8 Å². The van der Waals surface area contributed by atoms with E-state index in [0.29, 0.717) is 11.3 Å². The Labute approximate surface area is 166 Å². The predicted molar refractivity (Wildman–Crippen MR) is 106 cm³/mol. The molecule has 29 heavy (non-hydrogen) atoms. The molecule has 0 radical (unpaired) electrons. The summed E-state index contributed by atoms with van der Waals surface area (Å²) in [5, 5.41) is 18.5. The third-order valence-electron chi connectivity index (χ3n) is 4.70. The third-order valence-corrected chi connectivity index (χ3v) is 4.70. The fourth-order valence-electron chi connectivity index (χ4n) is 3.38. The molecule has 0 saturated heterocycles. The van der Waals surface area contributed by atoms with Gasteiger partial charge < -0.3 is 9.47 Å². The first-order valence-corrected chi connectivity index (χ1v) is 8.85. The van der Waals surface area contributed by atoms with Crippen molar-refractivity contribution in [2.75, 3.05) is 7.11 Å². The van der Waals surface area contributed by atoms with Crippen molar-refractivity contribution in [3.63, 3.8) is 0 Å². The Morgan fingerprint density at radius 3 is 2.48 bits per heavy atom. The van der Waals surface area contributed by atoms with Gasteiger partial charge in [-0.3, -0.25) is 14.9 Å². The normalized spacial score (nSPS) is 15.7. The lowest BCUT2D eigenvalue weighted by atomic mass is 10.0. The number of hydrazone groups is 1. The Bertz CT molecular complexity index is 1160. The molecule has 0 saturated carbocycles. The zero-order chi connectivity index (χ0) is 20.5. The summed E-state index contributed by atoms with van der Waals surface area (Å²) in [6, 6.07) is 17.3. The summed E-state index contributed by atoms with van der Waals surface area (Å²) < 4.78 is 11.4. The van der Waals surface area contributed by atoms with Gasteiger partial charge in [0.15, 0.2) is 0 Å². The maximum Gasteiger partial charge on any atom is 0.282 e. The second kappa shape index (κ2) is 7.23. The van der Waals surface area contributed by atoms with Crippen LogP contribution in [0.5, 0.6) is 5.75 Å². The highest BCUT2D eigenvalue weighted by atomic mass is 16.6. The molecule has 0 unspecified atom stereocenters. The average molecular weight is 391 g/mol. The van der Waals surface area contributed by atoms with Crippen molar-refractivity contribution in [2.45, 2.75) is 13.2 Å². The molecule has 0 fully saturated rings. The SMILES string of the molecule is COc1ccc([C@@H]2OC(c3ccccc3[N+](=O)[O-])=NN2C(C)=O)c2ccccc12. The first kappa shape index (κ1) is 18.4. The minimum Gasteiger partial charge on any atom is -0.496 e. The van der Waals surface area contributed by atoms with Crippen molar-refractivity contribution < 1.29 is 19.2 Å². The standard InChI is InChI=1S/C21H17N3O5/c1-13(25)23-21(16-11-12-19(28-2)15-8-4-3-7-14(15)16)29-20(22-23)17-9-5-6-10-18(17)24(26)27/h3-12,21H,1-2H3/t21-/m0/s1. The molecule has 0 spiro atoms. The van der Waals surface area contributed by atoms with Crippen LogP contribution in [0.2, 0.25) is 0 Å². The number of ether oxygens (including phenoxy) is 2. The largest absolute Gasteiger partial charge is 0.496 e. The fourth-order valence-corrected chi connectivity index (χ4v) is 3.38. The highest BCUT2D eigenvalue weighted by Gasteiger charge is 2.36. The van der Waals surface area contributed by atoms with Crippen LogP contribution in [-0.4, -0.2) is 28.8 Å². The molecular formula is C21H17N3O5. The van der Waals surface area contributed by atoms with Crippen LogP contribution in [-0.2, 0) is 9.53 Å². The molecule has 146 valence electrons. The fraction of sp³-hybridized carbons (Fsp3) is 0.143. The molecule has 3 aromatic rings. The number of nitro groups is 1. The van der Waals surface area contributed by atoms with Crippen LogP contribution in [0, 0.1) is 10.1 Å². The van der Waals surface area contributed by atoms with Crippen molar-refractivity contribution in [2.24, 2.45) is 5.10 Å². The monoisotopic (exact) mass is 391 g/mol. The van der Waals surface area contributed by atoms with Gasteiger partial charge in [0.25, 0.3) is 5.69 Å². The molecule has 0 aliphatic carbocycles. The Balaban J connectivity index is 1.83. The average Bonchev–Trinajstić information content (AvgIpc) is 3.18. The number of para-hydroxylation sites is 1. The Hall–Kier alpha value is -3.94. The predicted octanol–water partition coefficient (Wildman–Crippen LogP) is 4.00. The first-order valence-electron chi connectivity index (χ1n) is 8.85. The van der Waals surface area contributed by atoms with Gasteiger partial charge in [0, 0.05) is 23.9 Å². The van der Waals surface area contributed by atoms with Gasteiger partial charge in [0.2, 0.25) is 18.0 Å². The number of carbonyl (C=O) groups excluding carboxylic acids is 1. The second-order valence-electron chi connectivity index (χ2n) is 6.42. The van der Waals surface area contributed by atoms with Gasteiger partial charge in [0.05, 0.1) is 12.0 Å². The van der Waals surface area contributed by atoms with E-state index in [1.807, 2.05) is 24.3 Å². The van der Waals surface area contributed by atoms with Gasteiger partial charge in [-0.2, -0.15) is 5.01 Å². The van der Waals surface area contributed by atoms with Gasteiger partial charge in [-0.25, -0.2) is 0 Å². The van der Waals surface area contributed by atoms with Crippen molar-refractivity contribution in [3.05, 3.63) is 81.9 Å². The quantitative estimate of drug-likeness (QED) is 0.495. The van der Waals surface area contributed by atoms with Crippen LogP contribution < -0.4 is 4.74 Å². The molecule has 0 N–H and O–H groups in total. The number of hydrogen-bond acceptors (Lipinski definition) is 6. The lowest BCUT2D eigenvalue weighted by molar-refractivity contribution is -0.385. The third kappa shape index (κ3) is 3.14. The number of methoxy groups -OCH3 is 1. The summed E-state index contributed by atoms with van der Waals surface area (Å²) in [5.41, 5.74) is 0.771. The van der Waals surface area contributed by atoms with E-state index in [-0.39, 0.29) is 23.1 Å². The molecule has 1 heterocycles. The van der Waals surface area contributed by atoms with E-state index in [1.54, 1.807) is 37.4 Å². The Morgan fingerprint density at radius 1 is 1.10 bits per heavy atom. The number of fused-ring (bicyclic) bond motifs is 1. The highest BCUT2D eigenvalue weighted by molar-refractivity contribution is 6.00. The van der Waals surface area contributed by atoms with E-state index in [0.717, 1.165) is 10.8 Å². The minimum atomic E-state index is -0.849.